The molecule has 0 radical (unpaired) electrons. The minimum Gasteiger partial charge on any atom is -0.316 e. The van der Waals surface area contributed by atoms with Crippen molar-refractivity contribution in [2.75, 3.05) is 32.0 Å². The molecule has 0 aromatic carbocycles. The third-order valence-electron chi connectivity index (χ3n) is 4.37. The summed E-state index contributed by atoms with van der Waals surface area (Å²) in [6.07, 6.45) is 7.03. The van der Waals surface area contributed by atoms with Crippen LogP contribution in [0.3, 0.4) is 0 Å². The Kier molecular flexibility index (Phi) is 8.79. The van der Waals surface area contributed by atoms with E-state index in [4.69, 9.17) is 0 Å². The van der Waals surface area contributed by atoms with Crippen LogP contribution in [0.2, 0.25) is 0 Å². The van der Waals surface area contributed by atoms with Crippen LogP contribution in [0.4, 0.5) is 5.13 Å². The fourth-order valence-corrected chi connectivity index (χ4v) is 4.27. The highest BCUT2D eigenvalue weighted by atomic mass is 35.5. The first-order valence-electron chi connectivity index (χ1n) is 7.92. The number of hydrogen-bond donors (Lipinski definition) is 2. The van der Waals surface area contributed by atoms with Crippen molar-refractivity contribution in [3.63, 3.8) is 0 Å². The van der Waals surface area contributed by atoms with E-state index in [9.17, 15) is 4.79 Å². The summed E-state index contributed by atoms with van der Waals surface area (Å²) in [6, 6.07) is 0.513. The number of nitrogens with zero attached hydrogens (tertiary/aromatic N) is 2. The van der Waals surface area contributed by atoms with Crippen LogP contribution in [0.25, 0.3) is 0 Å². The molecule has 23 heavy (non-hydrogen) atoms. The topological polar surface area (TPSA) is 57.3 Å². The van der Waals surface area contributed by atoms with E-state index in [-0.39, 0.29) is 30.7 Å². The second-order valence-corrected chi connectivity index (χ2v) is 7.09. The van der Waals surface area contributed by atoms with Gasteiger partial charge in [-0.25, -0.2) is 4.98 Å². The summed E-state index contributed by atoms with van der Waals surface area (Å²) < 4.78 is 0. The number of piperidine rings is 1. The number of carbonyl (C=O) groups excluding carboxylic acids is 1. The van der Waals surface area contributed by atoms with Gasteiger partial charge in [-0.15, -0.1) is 36.2 Å². The third-order valence-corrected chi connectivity index (χ3v) is 5.45. The van der Waals surface area contributed by atoms with Gasteiger partial charge in [-0.1, -0.05) is 0 Å². The number of aromatic nitrogens is 1. The Bertz CT molecular complexity index is 488. The van der Waals surface area contributed by atoms with Crippen molar-refractivity contribution in [3.8, 4) is 0 Å². The Hall–Kier alpha value is -0.400. The van der Waals surface area contributed by atoms with Crippen LogP contribution in [0.15, 0.2) is 0 Å². The van der Waals surface area contributed by atoms with Gasteiger partial charge in [-0.2, -0.15) is 0 Å². The van der Waals surface area contributed by atoms with Crippen LogP contribution in [0.1, 0.15) is 36.3 Å². The summed E-state index contributed by atoms with van der Waals surface area (Å²) in [5, 5.41) is 7.08. The second-order valence-electron chi connectivity index (χ2n) is 6.01. The highest BCUT2D eigenvalue weighted by Gasteiger charge is 2.21. The van der Waals surface area contributed by atoms with Crippen molar-refractivity contribution in [3.05, 3.63) is 10.6 Å². The maximum absolute atomic E-state index is 12.2. The predicted octanol–water partition coefficient (Wildman–Crippen LogP) is 2.49. The molecule has 5 nitrogen and oxygen atoms in total. The minimum absolute atomic E-state index is 0. The second kappa shape index (κ2) is 9.79. The number of fused-ring (bicyclic) bond motifs is 1. The van der Waals surface area contributed by atoms with E-state index in [1.54, 1.807) is 11.3 Å². The van der Waals surface area contributed by atoms with E-state index in [1.807, 2.05) is 7.05 Å². The number of nitrogens with one attached hydrogen (secondary N) is 2. The fraction of sp³-hybridized carbons (Fsp3) is 0.733. The number of likely N-dealkylation sites (tertiary alicyclic amines) is 1. The number of halogens is 2. The van der Waals surface area contributed by atoms with E-state index < -0.39 is 0 Å². The lowest BCUT2D eigenvalue weighted by molar-refractivity contribution is -0.117. The van der Waals surface area contributed by atoms with Crippen molar-refractivity contribution in [2.24, 2.45) is 0 Å². The first-order valence-corrected chi connectivity index (χ1v) is 8.74. The molecule has 0 spiro atoms. The molecule has 0 saturated carbocycles. The fourth-order valence-electron chi connectivity index (χ4n) is 3.20. The van der Waals surface area contributed by atoms with Gasteiger partial charge >= 0.3 is 0 Å². The zero-order chi connectivity index (χ0) is 14.7. The molecule has 1 aliphatic carbocycles. The molecule has 1 atom stereocenters. The number of likely N-dealkylation sites (N-methyl/N-ethyl adjacent to an activating group) is 1. The van der Waals surface area contributed by atoms with Crippen molar-refractivity contribution in [2.45, 2.75) is 44.6 Å². The van der Waals surface area contributed by atoms with Crippen LogP contribution < -0.4 is 10.6 Å². The van der Waals surface area contributed by atoms with Gasteiger partial charge < -0.3 is 10.6 Å². The molecule has 1 fully saturated rings. The normalized spacial score (nSPS) is 20.8. The minimum atomic E-state index is 0. The molecular weight excluding hydrogens is 355 g/mol. The van der Waals surface area contributed by atoms with E-state index >= 15 is 0 Å². The molecule has 8 heteroatoms. The zero-order valence-corrected chi connectivity index (χ0v) is 15.9. The van der Waals surface area contributed by atoms with Crippen molar-refractivity contribution in [1.82, 2.24) is 15.2 Å². The van der Waals surface area contributed by atoms with Gasteiger partial charge in [-0.3, -0.25) is 9.69 Å². The Balaban J connectivity index is 0.00000132. The van der Waals surface area contributed by atoms with Crippen LogP contribution in [0, 0.1) is 0 Å². The Labute approximate surface area is 154 Å². The lowest BCUT2D eigenvalue weighted by Gasteiger charge is -2.31. The smallest absolute Gasteiger partial charge is 0.240 e. The summed E-state index contributed by atoms with van der Waals surface area (Å²) in [5.41, 5.74) is 1.20. The van der Waals surface area contributed by atoms with Gasteiger partial charge in [0.15, 0.2) is 5.13 Å². The summed E-state index contributed by atoms with van der Waals surface area (Å²) in [4.78, 5) is 20.3. The Morgan fingerprint density at radius 1 is 1.30 bits per heavy atom. The lowest BCUT2D eigenvalue weighted by atomic mass is 10.0. The summed E-state index contributed by atoms with van der Waals surface area (Å²) >= 11 is 1.66. The third kappa shape index (κ3) is 5.57. The maximum atomic E-state index is 12.2. The van der Waals surface area contributed by atoms with Crippen molar-refractivity contribution >= 4 is 47.2 Å². The quantitative estimate of drug-likeness (QED) is 0.842. The molecule has 1 aliphatic heterocycles. The van der Waals surface area contributed by atoms with Crippen molar-refractivity contribution in [1.29, 1.82) is 0 Å². The average Bonchev–Trinajstić information content (AvgIpc) is 2.89. The summed E-state index contributed by atoms with van der Waals surface area (Å²) in [6.45, 7) is 2.45. The maximum Gasteiger partial charge on any atom is 0.240 e. The highest BCUT2D eigenvalue weighted by molar-refractivity contribution is 7.15. The van der Waals surface area contributed by atoms with Gasteiger partial charge in [0.2, 0.25) is 5.91 Å². The van der Waals surface area contributed by atoms with E-state index in [2.05, 4.69) is 20.5 Å². The van der Waals surface area contributed by atoms with Gasteiger partial charge in [-0.05, 0) is 52.1 Å². The molecule has 0 bridgehead atoms. The molecule has 2 heterocycles. The van der Waals surface area contributed by atoms with Crippen molar-refractivity contribution < 1.29 is 4.79 Å². The first-order chi connectivity index (χ1) is 10.2. The van der Waals surface area contributed by atoms with E-state index in [0.29, 0.717) is 12.6 Å². The van der Waals surface area contributed by atoms with Crippen LogP contribution >= 0.6 is 36.2 Å². The number of hydrogen-bond acceptors (Lipinski definition) is 5. The SMILES string of the molecule is CNC1CCCN(CC(=O)Nc2nc3c(s2)CCCC3)C1.Cl.Cl. The van der Waals surface area contributed by atoms with Gasteiger partial charge in [0, 0.05) is 17.5 Å². The molecule has 1 aromatic rings. The Morgan fingerprint density at radius 2 is 2.09 bits per heavy atom. The standard InChI is InChI=1S/C15H24N4OS.2ClH/c1-16-11-5-4-8-19(9-11)10-14(20)18-15-17-12-6-2-3-7-13(12)21-15;;/h11,16H,2-10H2,1H3,(H,17,18,20);2*1H. The Morgan fingerprint density at radius 3 is 2.83 bits per heavy atom. The molecule has 1 amide bonds. The summed E-state index contributed by atoms with van der Waals surface area (Å²) in [5.74, 6) is 0.0675. The number of amides is 1. The van der Waals surface area contributed by atoms with Gasteiger partial charge in [0.1, 0.15) is 0 Å². The molecule has 1 aromatic heterocycles. The van der Waals surface area contributed by atoms with Gasteiger partial charge in [0.05, 0.1) is 12.2 Å². The molecule has 132 valence electrons. The molecule has 2 N–H and O–H groups in total. The van der Waals surface area contributed by atoms with E-state index in [0.717, 1.165) is 37.5 Å². The predicted molar refractivity (Wildman–Crippen MR) is 100 cm³/mol. The van der Waals surface area contributed by atoms with Crippen LogP contribution in [-0.2, 0) is 17.6 Å². The summed E-state index contributed by atoms with van der Waals surface area (Å²) in [7, 11) is 1.99. The number of rotatable bonds is 4. The number of aryl methyl sites for hydroxylation is 2. The number of carbonyl (C=O) groups is 1. The molecule has 3 rings (SSSR count). The average molecular weight is 381 g/mol. The van der Waals surface area contributed by atoms with Crippen LogP contribution in [0.5, 0.6) is 0 Å². The molecule has 1 saturated heterocycles. The monoisotopic (exact) mass is 380 g/mol. The number of anilines is 1. The molecule has 1 unspecified atom stereocenters. The van der Waals surface area contributed by atoms with Crippen LogP contribution in [-0.4, -0.2) is 48.5 Å². The number of thiazole rings is 1. The van der Waals surface area contributed by atoms with E-state index in [1.165, 1.54) is 29.8 Å². The largest absolute Gasteiger partial charge is 0.316 e. The first kappa shape index (κ1) is 20.6. The molecular formula is C15H26Cl2N4OS. The highest BCUT2D eigenvalue weighted by Crippen LogP contribution is 2.29. The van der Waals surface area contributed by atoms with Gasteiger partial charge in [0.25, 0.3) is 0 Å². The lowest BCUT2D eigenvalue weighted by Crippen LogP contribution is -2.46. The molecule has 2 aliphatic rings. The zero-order valence-electron chi connectivity index (χ0n) is 13.5.